The van der Waals surface area contributed by atoms with Gasteiger partial charge in [-0.2, -0.15) is 0 Å². The summed E-state index contributed by atoms with van der Waals surface area (Å²) >= 11 is 0. The van der Waals surface area contributed by atoms with Gasteiger partial charge in [0.05, 0.1) is 0 Å². The van der Waals surface area contributed by atoms with Crippen LogP contribution in [0.3, 0.4) is 0 Å². The molecule has 0 amide bonds. The predicted octanol–water partition coefficient (Wildman–Crippen LogP) is 5.85. The smallest absolute Gasteiger partial charge is 0.120 e. The minimum Gasteiger partial charge on any atom is -0.380 e. The van der Waals surface area contributed by atoms with Crippen molar-refractivity contribution in [2.45, 2.75) is 12.5 Å². The molecule has 0 saturated carbocycles. The van der Waals surface area contributed by atoms with E-state index < -0.39 is 5.54 Å². The summed E-state index contributed by atoms with van der Waals surface area (Å²) in [7, 11) is 4.12. The first-order valence-corrected chi connectivity index (χ1v) is 9.54. The maximum absolute atomic E-state index is 4.18. The highest BCUT2D eigenvalue weighted by molar-refractivity contribution is 5.50. The molecule has 3 aromatic rings. The van der Waals surface area contributed by atoms with E-state index in [2.05, 4.69) is 135 Å². The van der Waals surface area contributed by atoms with Crippen molar-refractivity contribution < 1.29 is 0 Å². The molecule has 3 rings (SSSR count). The molecule has 0 heterocycles. The topological polar surface area (TPSA) is 6.48 Å². The average Bonchev–Trinajstić information content (AvgIpc) is 2.75. The highest BCUT2D eigenvalue weighted by Crippen LogP contribution is 2.43. The molecule has 2 nitrogen and oxygen atoms in total. The van der Waals surface area contributed by atoms with E-state index >= 15 is 0 Å². The molecule has 0 saturated heterocycles. The van der Waals surface area contributed by atoms with Crippen LogP contribution in [-0.4, -0.2) is 23.9 Å². The van der Waals surface area contributed by atoms with Crippen molar-refractivity contribution in [2.75, 3.05) is 14.1 Å². The third-order valence-corrected chi connectivity index (χ3v) is 5.19. The Morgan fingerprint density at radius 2 is 1.07 bits per heavy atom. The van der Waals surface area contributed by atoms with Crippen molar-refractivity contribution in [3.05, 3.63) is 132 Å². The molecule has 0 aliphatic heterocycles. The van der Waals surface area contributed by atoms with E-state index in [1.165, 1.54) is 16.7 Å². The molecule has 0 fully saturated rings. The zero-order valence-corrected chi connectivity index (χ0v) is 16.9. The summed E-state index contributed by atoms with van der Waals surface area (Å²) in [6.07, 6.45) is 4.08. The van der Waals surface area contributed by atoms with E-state index in [0.29, 0.717) is 0 Å². The molecule has 0 N–H and O–H groups in total. The van der Waals surface area contributed by atoms with Crippen LogP contribution >= 0.6 is 0 Å². The molecule has 0 radical (unpaired) electrons. The molecule has 2 heteroatoms. The molecule has 3 aromatic carbocycles. The zero-order chi connectivity index (χ0) is 20.0. The van der Waals surface area contributed by atoms with E-state index in [4.69, 9.17) is 0 Å². The first-order chi connectivity index (χ1) is 13.6. The fraction of sp³-hybridized carbons (Fsp3) is 0.154. The van der Waals surface area contributed by atoms with Crippen LogP contribution in [-0.2, 0) is 5.54 Å². The highest BCUT2D eigenvalue weighted by Gasteiger charge is 2.40. The van der Waals surface area contributed by atoms with Crippen molar-refractivity contribution in [3.8, 4) is 0 Å². The Kier molecular flexibility index (Phi) is 6.00. The van der Waals surface area contributed by atoms with Gasteiger partial charge in [0.1, 0.15) is 5.54 Å². The van der Waals surface area contributed by atoms with Crippen LogP contribution in [0, 0.1) is 0 Å². The third-order valence-electron chi connectivity index (χ3n) is 5.19. The summed E-state index contributed by atoms with van der Waals surface area (Å²) in [4.78, 5) is 4.34. The summed E-state index contributed by atoms with van der Waals surface area (Å²) in [5, 5.41) is 0. The second-order valence-corrected chi connectivity index (χ2v) is 7.06. The first-order valence-electron chi connectivity index (χ1n) is 9.54. The van der Waals surface area contributed by atoms with Crippen molar-refractivity contribution in [3.63, 3.8) is 0 Å². The van der Waals surface area contributed by atoms with Crippen LogP contribution in [0.15, 0.2) is 116 Å². The molecule has 0 unspecified atom stereocenters. The van der Waals surface area contributed by atoms with Gasteiger partial charge >= 0.3 is 0 Å². The lowest BCUT2D eigenvalue weighted by molar-refractivity contribution is 0.306. The number of nitrogens with zero attached hydrogens (tertiary/aromatic N) is 2. The summed E-state index contributed by atoms with van der Waals surface area (Å²) < 4.78 is 0. The van der Waals surface area contributed by atoms with Gasteiger partial charge in [-0.05, 0) is 29.8 Å². The van der Waals surface area contributed by atoms with Gasteiger partial charge in [0, 0.05) is 26.0 Å². The lowest BCUT2D eigenvalue weighted by atomic mass is 9.76. The Hall–Kier alpha value is -3.26. The van der Waals surface area contributed by atoms with Gasteiger partial charge in [0.25, 0.3) is 0 Å². The van der Waals surface area contributed by atoms with Crippen molar-refractivity contribution in [1.82, 2.24) is 9.80 Å². The highest BCUT2D eigenvalue weighted by atomic mass is 15.2. The standard InChI is InChI=1S/C26H28N2/c1-5-28(21-22(2)27(3)4)26(23-15-9-6-10-16-23,24-17-11-7-12-18-24)25-19-13-8-14-20-25/h5-21H,1H2,2-4H3/b22-21-. The maximum atomic E-state index is 4.18. The fourth-order valence-corrected chi connectivity index (χ4v) is 3.59. The fourth-order valence-electron chi connectivity index (χ4n) is 3.59. The Bertz CT molecular complexity index is 816. The van der Waals surface area contributed by atoms with Gasteiger partial charge < -0.3 is 9.80 Å². The summed E-state index contributed by atoms with van der Waals surface area (Å²) in [6, 6.07) is 31.9. The monoisotopic (exact) mass is 368 g/mol. The van der Waals surface area contributed by atoms with Gasteiger partial charge in [-0.3, -0.25) is 0 Å². The van der Waals surface area contributed by atoms with Crippen LogP contribution in [0.5, 0.6) is 0 Å². The molecule has 0 atom stereocenters. The normalized spacial score (nSPS) is 11.8. The minimum atomic E-state index is -0.525. The zero-order valence-electron chi connectivity index (χ0n) is 16.9. The molecule has 0 spiro atoms. The minimum absolute atomic E-state index is 0.525. The first kappa shape index (κ1) is 19.5. The van der Waals surface area contributed by atoms with Crippen molar-refractivity contribution >= 4 is 0 Å². The van der Waals surface area contributed by atoms with Gasteiger partial charge in [0.15, 0.2) is 0 Å². The van der Waals surface area contributed by atoms with E-state index in [-0.39, 0.29) is 0 Å². The van der Waals surface area contributed by atoms with E-state index in [1.54, 1.807) is 0 Å². The van der Waals surface area contributed by atoms with Crippen LogP contribution in [0.2, 0.25) is 0 Å². The van der Waals surface area contributed by atoms with Gasteiger partial charge in [-0.1, -0.05) is 97.6 Å². The van der Waals surface area contributed by atoms with Crippen LogP contribution in [0.4, 0.5) is 0 Å². The Morgan fingerprint density at radius 1 is 0.714 bits per heavy atom. The van der Waals surface area contributed by atoms with E-state index in [0.717, 1.165) is 5.70 Å². The summed E-state index contributed by atoms with van der Waals surface area (Å²) in [5.41, 5.74) is 4.19. The second kappa shape index (κ2) is 8.62. The molecule has 28 heavy (non-hydrogen) atoms. The molecule has 0 bridgehead atoms. The lowest BCUT2D eigenvalue weighted by Gasteiger charge is -2.44. The summed E-state index contributed by atoms with van der Waals surface area (Å²) in [6.45, 7) is 6.29. The quantitative estimate of drug-likeness (QED) is 0.483. The van der Waals surface area contributed by atoms with Crippen molar-refractivity contribution in [2.24, 2.45) is 0 Å². The Balaban J connectivity index is 2.40. The predicted molar refractivity (Wildman–Crippen MR) is 119 cm³/mol. The maximum Gasteiger partial charge on any atom is 0.120 e. The number of hydrogen-bond donors (Lipinski definition) is 0. The Labute approximate surface area is 169 Å². The van der Waals surface area contributed by atoms with Gasteiger partial charge in [-0.15, -0.1) is 0 Å². The largest absolute Gasteiger partial charge is 0.380 e. The summed E-state index contributed by atoms with van der Waals surface area (Å²) in [5.74, 6) is 0. The third kappa shape index (κ3) is 3.59. The average molecular weight is 369 g/mol. The SMILES string of the molecule is C=CN(/C=C(/C)N(C)C)C(c1ccccc1)(c1ccccc1)c1ccccc1. The number of rotatable bonds is 7. The van der Waals surface area contributed by atoms with Crippen LogP contribution in [0.1, 0.15) is 23.6 Å². The van der Waals surface area contributed by atoms with Crippen LogP contribution < -0.4 is 0 Å². The van der Waals surface area contributed by atoms with E-state index in [9.17, 15) is 0 Å². The molecular weight excluding hydrogens is 340 g/mol. The molecule has 0 aliphatic rings. The molecular formula is C26H28N2. The number of allylic oxidation sites excluding steroid dienone is 1. The Morgan fingerprint density at radius 3 is 1.36 bits per heavy atom. The van der Waals surface area contributed by atoms with Gasteiger partial charge in [-0.25, -0.2) is 0 Å². The number of benzene rings is 3. The second-order valence-electron chi connectivity index (χ2n) is 7.06. The van der Waals surface area contributed by atoms with E-state index in [1.807, 2.05) is 6.20 Å². The van der Waals surface area contributed by atoms with Gasteiger partial charge in [0.2, 0.25) is 0 Å². The molecule has 0 aromatic heterocycles. The number of hydrogen-bond acceptors (Lipinski definition) is 2. The lowest BCUT2D eigenvalue weighted by Crippen LogP contribution is -2.42. The van der Waals surface area contributed by atoms with Crippen molar-refractivity contribution in [1.29, 1.82) is 0 Å². The molecule has 142 valence electrons. The molecule has 0 aliphatic carbocycles. The van der Waals surface area contributed by atoms with Crippen LogP contribution in [0.25, 0.3) is 0 Å².